The molecule has 1 heterocycles. The first-order valence-electron chi connectivity index (χ1n) is 6.76. The Morgan fingerprint density at radius 2 is 2.04 bits per heavy atom. The van der Waals surface area contributed by atoms with Crippen LogP contribution in [0.25, 0.3) is 0 Å². The molecule has 5 nitrogen and oxygen atoms in total. The first-order chi connectivity index (χ1) is 10.7. The maximum atomic E-state index is 13.3. The number of rotatable bonds is 5. The fraction of sp³-hybridized carbons (Fsp3) is 0.429. The van der Waals surface area contributed by atoms with Crippen LogP contribution in [0.4, 0.5) is 17.6 Å². The maximum absolute atomic E-state index is 13.3. The Morgan fingerprint density at radius 1 is 1.35 bits per heavy atom. The number of ether oxygens (including phenoxy) is 1. The molecule has 1 atom stereocenters. The highest BCUT2D eigenvalue weighted by molar-refractivity contribution is 5.82. The summed E-state index contributed by atoms with van der Waals surface area (Å²) < 4.78 is 55.1. The minimum atomic E-state index is -4.48. The lowest BCUT2D eigenvalue weighted by atomic mass is 10.2. The third-order valence-corrected chi connectivity index (χ3v) is 3.15. The molecule has 1 aliphatic rings. The van der Waals surface area contributed by atoms with Gasteiger partial charge in [0.2, 0.25) is 5.91 Å². The molecule has 2 rings (SSSR count). The van der Waals surface area contributed by atoms with Crippen LogP contribution in [0, 0.1) is 5.82 Å². The van der Waals surface area contributed by atoms with E-state index in [1.54, 1.807) is 0 Å². The highest BCUT2D eigenvalue weighted by Gasteiger charge is 2.38. The van der Waals surface area contributed by atoms with Crippen LogP contribution in [0.15, 0.2) is 24.3 Å². The van der Waals surface area contributed by atoms with Gasteiger partial charge in [-0.05, 0) is 12.1 Å². The lowest BCUT2D eigenvalue weighted by molar-refractivity contribution is -0.157. The van der Waals surface area contributed by atoms with Crippen LogP contribution in [-0.4, -0.2) is 48.6 Å². The molecule has 126 valence electrons. The highest BCUT2D eigenvalue weighted by atomic mass is 19.4. The van der Waals surface area contributed by atoms with Crippen LogP contribution in [0.1, 0.15) is 6.42 Å². The summed E-state index contributed by atoms with van der Waals surface area (Å²) in [5.74, 6) is -2.06. The van der Waals surface area contributed by atoms with Gasteiger partial charge in [-0.1, -0.05) is 12.1 Å². The molecular formula is C14H14F4N2O3. The molecule has 0 spiro atoms. The lowest BCUT2D eigenvalue weighted by Crippen LogP contribution is -2.41. The second-order valence-electron chi connectivity index (χ2n) is 5.08. The third-order valence-electron chi connectivity index (χ3n) is 3.15. The summed E-state index contributed by atoms with van der Waals surface area (Å²) in [5.41, 5.74) is 0. The summed E-state index contributed by atoms with van der Waals surface area (Å²) in [6, 6.07) is 4.77. The molecule has 9 heteroatoms. The Bertz CT molecular complexity index is 592. The predicted octanol–water partition coefficient (Wildman–Crippen LogP) is 1.48. The molecule has 23 heavy (non-hydrogen) atoms. The summed E-state index contributed by atoms with van der Waals surface area (Å²) in [6.45, 7) is -2.06. The monoisotopic (exact) mass is 334 g/mol. The van der Waals surface area contributed by atoms with E-state index in [9.17, 15) is 27.2 Å². The Balaban J connectivity index is 1.80. The number of benzene rings is 1. The van der Waals surface area contributed by atoms with Gasteiger partial charge in [-0.2, -0.15) is 13.2 Å². The number of carbonyl (C=O) groups excluding carboxylic acids is 2. The number of hydrogen-bond acceptors (Lipinski definition) is 3. The van der Waals surface area contributed by atoms with Crippen LogP contribution >= 0.6 is 0 Å². The quantitative estimate of drug-likeness (QED) is 0.830. The minimum absolute atomic E-state index is 0.108. The molecule has 0 bridgehead atoms. The number of para-hydroxylation sites is 1. The van der Waals surface area contributed by atoms with Gasteiger partial charge in [0, 0.05) is 13.0 Å². The fourth-order valence-electron chi connectivity index (χ4n) is 2.21. The van der Waals surface area contributed by atoms with Crippen LogP contribution in [-0.2, 0) is 9.59 Å². The van der Waals surface area contributed by atoms with Crippen molar-refractivity contribution in [2.24, 2.45) is 0 Å². The van der Waals surface area contributed by atoms with Crippen molar-refractivity contribution in [2.75, 3.05) is 19.7 Å². The molecule has 0 aromatic heterocycles. The number of amides is 2. The van der Waals surface area contributed by atoms with E-state index < -0.39 is 43.0 Å². The number of halogens is 4. The first kappa shape index (κ1) is 17.0. The smallest absolute Gasteiger partial charge is 0.406 e. The van der Waals surface area contributed by atoms with Crippen LogP contribution in [0.3, 0.4) is 0 Å². The zero-order chi connectivity index (χ0) is 17.0. The average molecular weight is 334 g/mol. The number of nitrogens with zero attached hydrogens (tertiary/aromatic N) is 1. The van der Waals surface area contributed by atoms with Crippen molar-refractivity contribution in [1.29, 1.82) is 0 Å². The minimum Gasteiger partial charge on any atom is -0.481 e. The number of carbonyl (C=O) groups is 2. The number of likely N-dealkylation sites (tertiary alicyclic amines) is 1. The zero-order valence-electron chi connectivity index (χ0n) is 11.9. The molecule has 1 fully saturated rings. The Labute approximate surface area is 129 Å². The summed E-state index contributed by atoms with van der Waals surface area (Å²) in [7, 11) is 0. The highest BCUT2D eigenvalue weighted by Crippen LogP contribution is 2.21. The summed E-state index contributed by atoms with van der Waals surface area (Å²) in [5, 5.41) is 2.40. The van der Waals surface area contributed by atoms with E-state index in [2.05, 4.69) is 5.32 Å². The Hall–Kier alpha value is -2.32. The van der Waals surface area contributed by atoms with Gasteiger partial charge < -0.3 is 15.0 Å². The largest absolute Gasteiger partial charge is 0.481 e. The average Bonchev–Trinajstić information content (AvgIpc) is 2.75. The Morgan fingerprint density at radius 3 is 2.70 bits per heavy atom. The first-order valence-corrected chi connectivity index (χ1v) is 6.76. The van der Waals surface area contributed by atoms with Crippen LogP contribution in [0.5, 0.6) is 5.75 Å². The summed E-state index contributed by atoms with van der Waals surface area (Å²) in [4.78, 5) is 23.8. The molecule has 1 N–H and O–H groups in total. The second-order valence-corrected chi connectivity index (χ2v) is 5.08. The van der Waals surface area contributed by atoms with Crippen molar-refractivity contribution >= 4 is 11.8 Å². The fourth-order valence-corrected chi connectivity index (χ4v) is 2.21. The molecular weight excluding hydrogens is 320 g/mol. The van der Waals surface area contributed by atoms with E-state index >= 15 is 0 Å². The zero-order valence-corrected chi connectivity index (χ0v) is 11.9. The van der Waals surface area contributed by atoms with E-state index in [4.69, 9.17) is 4.74 Å². The summed E-state index contributed by atoms with van der Waals surface area (Å²) in [6.07, 6.45) is -4.69. The van der Waals surface area contributed by atoms with Gasteiger partial charge in [0.05, 0.1) is 6.04 Å². The van der Waals surface area contributed by atoms with Gasteiger partial charge in [-0.3, -0.25) is 9.59 Å². The normalized spacial score (nSPS) is 18.2. The molecule has 0 saturated carbocycles. The van der Waals surface area contributed by atoms with E-state index in [1.807, 2.05) is 0 Å². The SMILES string of the molecule is O=C(COc1ccccc1F)N[C@H]1CC(=O)N(CC(F)(F)F)C1. The third kappa shape index (κ3) is 5.11. The lowest BCUT2D eigenvalue weighted by Gasteiger charge is -2.18. The van der Waals surface area contributed by atoms with E-state index in [0.717, 1.165) is 6.07 Å². The topological polar surface area (TPSA) is 58.6 Å². The maximum Gasteiger partial charge on any atom is 0.406 e. The van der Waals surface area contributed by atoms with Gasteiger partial charge in [0.25, 0.3) is 5.91 Å². The van der Waals surface area contributed by atoms with E-state index in [-0.39, 0.29) is 18.7 Å². The summed E-state index contributed by atoms with van der Waals surface area (Å²) >= 11 is 0. The van der Waals surface area contributed by atoms with Crippen molar-refractivity contribution in [3.05, 3.63) is 30.1 Å². The van der Waals surface area contributed by atoms with Crippen molar-refractivity contribution in [2.45, 2.75) is 18.6 Å². The number of alkyl halides is 3. The second kappa shape index (κ2) is 6.84. The van der Waals surface area contributed by atoms with E-state index in [1.165, 1.54) is 18.2 Å². The van der Waals surface area contributed by atoms with Crippen LogP contribution < -0.4 is 10.1 Å². The van der Waals surface area contributed by atoms with Crippen molar-refractivity contribution in [3.8, 4) is 5.75 Å². The van der Waals surface area contributed by atoms with Gasteiger partial charge in [0.1, 0.15) is 6.54 Å². The Kier molecular flexibility index (Phi) is 5.07. The van der Waals surface area contributed by atoms with Gasteiger partial charge in [-0.25, -0.2) is 4.39 Å². The molecule has 1 aliphatic heterocycles. The number of nitrogens with one attached hydrogen (secondary N) is 1. The van der Waals surface area contributed by atoms with Gasteiger partial charge in [-0.15, -0.1) is 0 Å². The molecule has 2 amide bonds. The van der Waals surface area contributed by atoms with Gasteiger partial charge >= 0.3 is 6.18 Å². The van der Waals surface area contributed by atoms with Gasteiger partial charge in [0.15, 0.2) is 18.2 Å². The molecule has 0 aliphatic carbocycles. The number of hydrogen-bond donors (Lipinski definition) is 1. The molecule has 1 aromatic rings. The van der Waals surface area contributed by atoms with Crippen LogP contribution in [0.2, 0.25) is 0 Å². The van der Waals surface area contributed by atoms with Crippen molar-refractivity contribution < 1.29 is 31.9 Å². The van der Waals surface area contributed by atoms with Crippen molar-refractivity contribution in [1.82, 2.24) is 10.2 Å². The predicted molar refractivity (Wildman–Crippen MR) is 71.1 cm³/mol. The molecule has 0 radical (unpaired) electrons. The standard InChI is InChI=1S/C14H14F4N2O3/c15-10-3-1-2-4-11(10)23-7-12(21)19-9-5-13(22)20(6-9)8-14(16,17)18/h1-4,9H,5-8H2,(H,19,21)/t9-/m0/s1. The van der Waals surface area contributed by atoms with Crippen molar-refractivity contribution in [3.63, 3.8) is 0 Å². The molecule has 1 saturated heterocycles. The molecule has 0 unspecified atom stereocenters. The molecule has 1 aromatic carbocycles. The van der Waals surface area contributed by atoms with E-state index in [0.29, 0.717) is 4.90 Å².